The molecule has 0 aliphatic rings. The molecular formula is C12H13FN2. The standard InChI is InChI=1S/C6H5F.C6H8N2/c7-6-4-2-1-3-5-6;7-5-3-1-2-4-6(5)8/h1-5H;1-4H,7-8H2. The number of anilines is 2. The molecule has 0 spiro atoms. The normalized spacial score (nSPS) is 8.87. The van der Waals surface area contributed by atoms with Crippen LogP contribution in [0.4, 0.5) is 15.8 Å². The summed E-state index contributed by atoms with van der Waals surface area (Å²) in [6, 6.07) is 15.2. The monoisotopic (exact) mass is 204 g/mol. The van der Waals surface area contributed by atoms with Gasteiger partial charge in [-0.25, -0.2) is 4.39 Å². The fourth-order valence-electron chi connectivity index (χ4n) is 0.926. The Labute approximate surface area is 88.3 Å². The number of nitrogens with two attached hydrogens (primary N) is 2. The van der Waals surface area contributed by atoms with Crippen molar-refractivity contribution in [3.8, 4) is 0 Å². The predicted molar refractivity (Wildman–Crippen MR) is 61.7 cm³/mol. The topological polar surface area (TPSA) is 52.0 Å². The lowest BCUT2D eigenvalue weighted by atomic mass is 10.3. The van der Waals surface area contributed by atoms with Crippen LogP contribution in [0.1, 0.15) is 0 Å². The van der Waals surface area contributed by atoms with Crippen molar-refractivity contribution >= 4 is 11.4 Å². The molecule has 0 aliphatic carbocycles. The van der Waals surface area contributed by atoms with Crippen LogP contribution in [0.5, 0.6) is 0 Å². The van der Waals surface area contributed by atoms with Crippen molar-refractivity contribution in [2.24, 2.45) is 0 Å². The zero-order valence-corrected chi connectivity index (χ0v) is 8.23. The molecular weight excluding hydrogens is 191 g/mol. The largest absolute Gasteiger partial charge is 0.397 e. The van der Waals surface area contributed by atoms with Gasteiger partial charge in [-0.15, -0.1) is 0 Å². The maximum atomic E-state index is 11.9. The summed E-state index contributed by atoms with van der Waals surface area (Å²) in [6.07, 6.45) is 0. The average Bonchev–Trinajstić information content (AvgIpc) is 2.25. The second-order valence-electron chi connectivity index (χ2n) is 2.92. The van der Waals surface area contributed by atoms with Crippen molar-refractivity contribution in [3.05, 3.63) is 60.4 Å². The van der Waals surface area contributed by atoms with E-state index in [1.807, 2.05) is 12.1 Å². The lowest BCUT2D eigenvalue weighted by Gasteiger charge is -1.94. The average molecular weight is 204 g/mol. The van der Waals surface area contributed by atoms with Crippen LogP contribution in [0.3, 0.4) is 0 Å². The molecule has 2 nitrogen and oxygen atoms in total. The lowest BCUT2D eigenvalue weighted by molar-refractivity contribution is 0.628. The Bertz CT molecular complexity index is 380. The third-order valence-electron chi connectivity index (χ3n) is 1.73. The van der Waals surface area contributed by atoms with Crippen molar-refractivity contribution in [1.29, 1.82) is 0 Å². The number of para-hydroxylation sites is 2. The van der Waals surface area contributed by atoms with Gasteiger partial charge in [-0.1, -0.05) is 30.3 Å². The van der Waals surface area contributed by atoms with Crippen LogP contribution in [-0.2, 0) is 0 Å². The number of hydrogen-bond acceptors (Lipinski definition) is 2. The molecule has 2 aromatic carbocycles. The molecule has 0 saturated carbocycles. The quantitative estimate of drug-likeness (QED) is 0.648. The van der Waals surface area contributed by atoms with Crippen molar-refractivity contribution in [1.82, 2.24) is 0 Å². The van der Waals surface area contributed by atoms with Gasteiger partial charge in [0.25, 0.3) is 0 Å². The summed E-state index contributed by atoms with van der Waals surface area (Å²) in [6.45, 7) is 0. The SMILES string of the molecule is Fc1ccccc1.Nc1ccccc1N. The van der Waals surface area contributed by atoms with E-state index in [4.69, 9.17) is 11.5 Å². The Morgan fingerprint density at radius 2 is 1.07 bits per heavy atom. The van der Waals surface area contributed by atoms with Gasteiger partial charge in [-0.05, 0) is 24.3 Å². The van der Waals surface area contributed by atoms with E-state index in [9.17, 15) is 4.39 Å². The highest BCUT2D eigenvalue weighted by molar-refractivity contribution is 5.62. The van der Waals surface area contributed by atoms with E-state index in [1.54, 1.807) is 30.3 Å². The summed E-state index contributed by atoms with van der Waals surface area (Å²) in [7, 11) is 0. The Balaban J connectivity index is 0.000000151. The van der Waals surface area contributed by atoms with E-state index in [-0.39, 0.29) is 5.82 Å². The number of benzene rings is 2. The van der Waals surface area contributed by atoms with Crippen molar-refractivity contribution < 1.29 is 4.39 Å². The lowest BCUT2D eigenvalue weighted by Crippen LogP contribution is -1.91. The second-order valence-corrected chi connectivity index (χ2v) is 2.92. The van der Waals surface area contributed by atoms with Gasteiger partial charge >= 0.3 is 0 Å². The van der Waals surface area contributed by atoms with Crippen molar-refractivity contribution in [3.63, 3.8) is 0 Å². The molecule has 0 unspecified atom stereocenters. The minimum Gasteiger partial charge on any atom is -0.397 e. The molecule has 3 heteroatoms. The number of nitrogen functional groups attached to an aromatic ring is 2. The van der Waals surface area contributed by atoms with Gasteiger partial charge in [-0.3, -0.25) is 0 Å². The number of halogens is 1. The van der Waals surface area contributed by atoms with Crippen molar-refractivity contribution in [2.75, 3.05) is 11.5 Å². The zero-order chi connectivity index (χ0) is 11.1. The van der Waals surface area contributed by atoms with Crippen LogP contribution in [0.2, 0.25) is 0 Å². The fraction of sp³-hybridized carbons (Fsp3) is 0. The van der Waals surface area contributed by atoms with Crippen LogP contribution < -0.4 is 11.5 Å². The van der Waals surface area contributed by atoms with Gasteiger partial charge in [-0.2, -0.15) is 0 Å². The maximum Gasteiger partial charge on any atom is 0.123 e. The first-order valence-corrected chi connectivity index (χ1v) is 4.50. The van der Waals surface area contributed by atoms with Crippen LogP contribution in [0, 0.1) is 5.82 Å². The van der Waals surface area contributed by atoms with Gasteiger partial charge < -0.3 is 11.5 Å². The van der Waals surface area contributed by atoms with Crippen LogP contribution in [-0.4, -0.2) is 0 Å². The molecule has 2 aromatic rings. The molecule has 0 amide bonds. The molecule has 0 saturated heterocycles. The number of hydrogen-bond donors (Lipinski definition) is 2. The summed E-state index contributed by atoms with van der Waals surface area (Å²) >= 11 is 0. The first-order valence-electron chi connectivity index (χ1n) is 4.50. The smallest absolute Gasteiger partial charge is 0.123 e. The van der Waals surface area contributed by atoms with Gasteiger partial charge in [0.1, 0.15) is 5.82 Å². The third-order valence-corrected chi connectivity index (χ3v) is 1.73. The van der Waals surface area contributed by atoms with E-state index >= 15 is 0 Å². The fourth-order valence-corrected chi connectivity index (χ4v) is 0.926. The molecule has 4 N–H and O–H groups in total. The minimum absolute atomic E-state index is 0.178. The Kier molecular flexibility index (Phi) is 4.16. The van der Waals surface area contributed by atoms with Gasteiger partial charge in [0, 0.05) is 0 Å². The highest BCUT2D eigenvalue weighted by atomic mass is 19.1. The van der Waals surface area contributed by atoms with Crippen LogP contribution >= 0.6 is 0 Å². The molecule has 0 aromatic heterocycles. The molecule has 0 aliphatic heterocycles. The molecule has 78 valence electrons. The Morgan fingerprint density at radius 3 is 1.33 bits per heavy atom. The van der Waals surface area contributed by atoms with E-state index in [1.165, 1.54) is 12.1 Å². The molecule has 15 heavy (non-hydrogen) atoms. The summed E-state index contributed by atoms with van der Waals surface area (Å²) in [5, 5.41) is 0. The van der Waals surface area contributed by atoms with Gasteiger partial charge in [0.2, 0.25) is 0 Å². The summed E-state index contributed by atoms with van der Waals surface area (Å²) < 4.78 is 11.9. The predicted octanol–water partition coefficient (Wildman–Crippen LogP) is 2.68. The highest BCUT2D eigenvalue weighted by Crippen LogP contribution is 2.10. The minimum atomic E-state index is -0.178. The first kappa shape index (κ1) is 11.0. The highest BCUT2D eigenvalue weighted by Gasteiger charge is 1.85. The zero-order valence-electron chi connectivity index (χ0n) is 8.23. The third kappa shape index (κ3) is 4.13. The Hall–Kier alpha value is -2.03. The molecule has 2 rings (SSSR count). The van der Waals surface area contributed by atoms with E-state index in [2.05, 4.69) is 0 Å². The molecule has 0 heterocycles. The summed E-state index contributed by atoms with van der Waals surface area (Å²) in [5.41, 5.74) is 12.1. The van der Waals surface area contributed by atoms with E-state index in [0.29, 0.717) is 11.4 Å². The molecule has 0 fully saturated rings. The van der Waals surface area contributed by atoms with Gasteiger partial charge in [0.15, 0.2) is 0 Å². The van der Waals surface area contributed by atoms with E-state index < -0.39 is 0 Å². The van der Waals surface area contributed by atoms with Crippen LogP contribution in [0.15, 0.2) is 54.6 Å². The van der Waals surface area contributed by atoms with Crippen molar-refractivity contribution in [2.45, 2.75) is 0 Å². The van der Waals surface area contributed by atoms with Gasteiger partial charge in [0.05, 0.1) is 11.4 Å². The molecule has 0 bridgehead atoms. The summed E-state index contributed by atoms with van der Waals surface area (Å²) in [4.78, 5) is 0. The molecule has 0 radical (unpaired) electrons. The maximum absolute atomic E-state index is 11.9. The second kappa shape index (κ2) is 5.65. The molecule has 0 atom stereocenters. The first-order chi connectivity index (χ1) is 7.20. The Morgan fingerprint density at radius 1 is 0.667 bits per heavy atom. The summed E-state index contributed by atoms with van der Waals surface area (Å²) in [5.74, 6) is -0.178. The van der Waals surface area contributed by atoms with Crippen LogP contribution in [0.25, 0.3) is 0 Å². The van der Waals surface area contributed by atoms with E-state index in [0.717, 1.165) is 0 Å². The number of rotatable bonds is 0.